The molecule has 0 bridgehead atoms. The van der Waals surface area contributed by atoms with E-state index in [2.05, 4.69) is 88.4 Å². The SMILES string of the molecule is CCCCCCCCC1(c2cccc(CCCCCC)c2)c2cc(C)ccc2-c2c(C#N)cc(C)cc21. The molecule has 0 saturated heterocycles. The summed E-state index contributed by atoms with van der Waals surface area (Å²) in [5, 5.41) is 10.2. The summed E-state index contributed by atoms with van der Waals surface area (Å²) in [6, 6.07) is 23.4. The van der Waals surface area contributed by atoms with E-state index in [9.17, 15) is 5.26 Å². The van der Waals surface area contributed by atoms with Crippen molar-refractivity contribution in [2.75, 3.05) is 0 Å². The van der Waals surface area contributed by atoms with Crippen LogP contribution in [-0.2, 0) is 11.8 Å². The Hall–Kier alpha value is -2.85. The second-order valence-electron chi connectivity index (χ2n) is 11.3. The third-order valence-corrected chi connectivity index (χ3v) is 8.41. The lowest BCUT2D eigenvalue weighted by molar-refractivity contribution is 0.505. The Kier molecular flexibility index (Phi) is 9.26. The molecule has 0 radical (unpaired) electrons. The van der Waals surface area contributed by atoms with Crippen LogP contribution >= 0.6 is 0 Å². The van der Waals surface area contributed by atoms with Crippen molar-refractivity contribution in [3.8, 4) is 17.2 Å². The number of hydrogen-bond acceptors (Lipinski definition) is 1. The van der Waals surface area contributed by atoms with Gasteiger partial charge < -0.3 is 0 Å². The van der Waals surface area contributed by atoms with Crippen molar-refractivity contribution >= 4 is 0 Å². The van der Waals surface area contributed by atoms with E-state index in [1.807, 2.05) is 0 Å². The van der Waals surface area contributed by atoms with E-state index < -0.39 is 0 Å². The fraction of sp³-hybridized carbons (Fsp3) is 0.472. The minimum Gasteiger partial charge on any atom is -0.192 e. The van der Waals surface area contributed by atoms with Gasteiger partial charge in [0, 0.05) is 11.0 Å². The number of benzene rings is 3. The molecule has 0 saturated carbocycles. The Morgan fingerprint density at radius 2 is 1.41 bits per heavy atom. The molecule has 1 unspecified atom stereocenters. The van der Waals surface area contributed by atoms with Crippen molar-refractivity contribution in [1.82, 2.24) is 0 Å². The molecule has 1 atom stereocenters. The van der Waals surface area contributed by atoms with E-state index in [0.717, 1.165) is 18.4 Å². The predicted molar refractivity (Wildman–Crippen MR) is 158 cm³/mol. The fourth-order valence-corrected chi connectivity index (χ4v) is 6.52. The minimum atomic E-state index is -0.196. The highest BCUT2D eigenvalue weighted by atomic mass is 14.5. The maximum atomic E-state index is 10.2. The van der Waals surface area contributed by atoms with E-state index in [0.29, 0.717) is 0 Å². The van der Waals surface area contributed by atoms with Crippen LogP contribution in [0, 0.1) is 25.2 Å². The summed E-state index contributed by atoms with van der Waals surface area (Å²) in [4.78, 5) is 0. The van der Waals surface area contributed by atoms with Gasteiger partial charge in [-0.1, -0.05) is 126 Å². The van der Waals surface area contributed by atoms with Gasteiger partial charge >= 0.3 is 0 Å². The van der Waals surface area contributed by atoms with Gasteiger partial charge in [0.1, 0.15) is 0 Å². The topological polar surface area (TPSA) is 23.8 Å². The highest BCUT2D eigenvalue weighted by Gasteiger charge is 2.45. The molecule has 0 heterocycles. The van der Waals surface area contributed by atoms with E-state index >= 15 is 0 Å². The monoisotopic (exact) mass is 491 g/mol. The van der Waals surface area contributed by atoms with Gasteiger partial charge in [-0.05, 0) is 72.6 Å². The molecule has 1 aliphatic rings. The standard InChI is InChI=1S/C36H45N/c1-5-7-9-11-12-14-21-36(31-18-15-17-29(25-31)16-13-10-8-6-2)33-23-27(3)19-20-32(33)35-30(26-37)22-28(4)24-34(35)36/h15,17-20,22-25H,5-14,16,21H2,1-4H3. The van der Waals surface area contributed by atoms with Crippen LogP contribution in [0.1, 0.15) is 123 Å². The fourth-order valence-electron chi connectivity index (χ4n) is 6.52. The molecule has 37 heavy (non-hydrogen) atoms. The highest BCUT2D eigenvalue weighted by molar-refractivity contribution is 5.87. The maximum absolute atomic E-state index is 10.2. The second-order valence-corrected chi connectivity index (χ2v) is 11.3. The van der Waals surface area contributed by atoms with E-state index in [-0.39, 0.29) is 5.41 Å². The minimum absolute atomic E-state index is 0.196. The largest absolute Gasteiger partial charge is 0.192 e. The Labute approximate surface area is 226 Å². The van der Waals surface area contributed by atoms with Gasteiger partial charge in [0.15, 0.2) is 0 Å². The summed E-state index contributed by atoms with van der Waals surface area (Å²) in [5.41, 5.74) is 11.1. The summed E-state index contributed by atoms with van der Waals surface area (Å²) in [5.74, 6) is 0. The number of rotatable bonds is 13. The lowest BCUT2D eigenvalue weighted by atomic mass is 9.68. The number of nitriles is 1. The van der Waals surface area contributed by atoms with Crippen LogP contribution < -0.4 is 0 Å². The summed E-state index contributed by atoms with van der Waals surface area (Å²) < 4.78 is 0. The lowest BCUT2D eigenvalue weighted by Crippen LogP contribution is -2.27. The van der Waals surface area contributed by atoms with Gasteiger partial charge in [-0.15, -0.1) is 0 Å². The quantitative estimate of drug-likeness (QED) is 0.218. The average molecular weight is 492 g/mol. The third kappa shape index (κ3) is 5.70. The number of unbranched alkanes of at least 4 members (excludes halogenated alkanes) is 8. The van der Waals surface area contributed by atoms with Gasteiger partial charge in [0.05, 0.1) is 11.6 Å². The molecule has 194 valence electrons. The first kappa shape index (κ1) is 27.2. The van der Waals surface area contributed by atoms with Crippen LogP contribution in [0.25, 0.3) is 11.1 Å². The molecule has 1 heteroatoms. The van der Waals surface area contributed by atoms with Crippen molar-refractivity contribution in [1.29, 1.82) is 5.26 Å². The molecular formula is C36H45N. The zero-order valence-electron chi connectivity index (χ0n) is 23.6. The Balaban J connectivity index is 1.84. The number of hydrogen-bond donors (Lipinski definition) is 0. The molecule has 0 amide bonds. The van der Waals surface area contributed by atoms with E-state index in [1.54, 1.807) is 0 Å². The molecule has 0 aromatic heterocycles. The number of nitrogens with zero attached hydrogens (tertiary/aromatic N) is 1. The van der Waals surface area contributed by atoms with Gasteiger partial charge in [-0.25, -0.2) is 0 Å². The molecule has 0 spiro atoms. The lowest BCUT2D eigenvalue weighted by Gasteiger charge is -2.34. The van der Waals surface area contributed by atoms with Gasteiger partial charge in [0.2, 0.25) is 0 Å². The molecule has 4 rings (SSSR count). The molecule has 3 aromatic rings. The zero-order valence-corrected chi connectivity index (χ0v) is 23.6. The Morgan fingerprint density at radius 3 is 2.16 bits per heavy atom. The van der Waals surface area contributed by atoms with Crippen LogP contribution in [-0.4, -0.2) is 0 Å². The number of fused-ring (bicyclic) bond motifs is 3. The normalized spacial score (nSPS) is 15.9. The third-order valence-electron chi connectivity index (χ3n) is 8.41. The van der Waals surface area contributed by atoms with Crippen molar-refractivity contribution in [2.45, 2.75) is 110 Å². The van der Waals surface area contributed by atoms with Crippen molar-refractivity contribution in [3.63, 3.8) is 0 Å². The Bertz CT molecular complexity index is 1240. The zero-order chi connectivity index (χ0) is 26.3. The van der Waals surface area contributed by atoms with Crippen molar-refractivity contribution in [3.05, 3.63) is 93.5 Å². The van der Waals surface area contributed by atoms with E-state index in [1.165, 1.54) is 109 Å². The first-order chi connectivity index (χ1) is 18.0. The summed E-state index contributed by atoms with van der Waals surface area (Å²) >= 11 is 0. The van der Waals surface area contributed by atoms with Gasteiger partial charge in [0.25, 0.3) is 0 Å². The van der Waals surface area contributed by atoms with Crippen molar-refractivity contribution < 1.29 is 0 Å². The highest BCUT2D eigenvalue weighted by Crippen LogP contribution is 2.56. The molecule has 1 nitrogen and oxygen atoms in total. The van der Waals surface area contributed by atoms with E-state index in [4.69, 9.17) is 0 Å². The van der Waals surface area contributed by atoms with Crippen LogP contribution in [0.4, 0.5) is 0 Å². The summed E-state index contributed by atoms with van der Waals surface area (Å²) in [7, 11) is 0. The number of aryl methyl sites for hydroxylation is 3. The molecule has 0 fully saturated rings. The molecule has 0 aliphatic heterocycles. The van der Waals surface area contributed by atoms with Crippen LogP contribution in [0.3, 0.4) is 0 Å². The predicted octanol–water partition coefficient (Wildman–Crippen LogP) is 10.4. The average Bonchev–Trinajstić information content (AvgIpc) is 3.17. The Morgan fingerprint density at radius 1 is 0.703 bits per heavy atom. The van der Waals surface area contributed by atoms with Gasteiger partial charge in [-0.2, -0.15) is 5.26 Å². The van der Waals surface area contributed by atoms with Crippen molar-refractivity contribution in [2.24, 2.45) is 0 Å². The van der Waals surface area contributed by atoms with Crippen LogP contribution in [0.2, 0.25) is 0 Å². The van der Waals surface area contributed by atoms with Gasteiger partial charge in [-0.3, -0.25) is 0 Å². The van der Waals surface area contributed by atoms with Crippen LogP contribution in [0.5, 0.6) is 0 Å². The summed E-state index contributed by atoms with van der Waals surface area (Å²) in [6.45, 7) is 8.92. The molecule has 0 N–H and O–H groups in total. The first-order valence-electron chi connectivity index (χ1n) is 14.8. The molecule has 1 aliphatic carbocycles. The molecule has 3 aromatic carbocycles. The molecular weight excluding hydrogens is 446 g/mol. The summed E-state index contributed by atoms with van der Waals surface area (Å²) in [6.07, 6.45) is 15.1. The first-order valence-corrected chi connectivity index (χ1v) is 14.8. The maximum Gasteiger partial charge on any atom is 0.0998 e. The van der Waals surface area contributed by atoms with Crippen LogP contribution in [0.15, 0.2) is 54.6 Å². The second kappa shape index (κ2) is 12.6. The smallest absolute Gasteiger partial charge is 0.0998 e.